The van der Waals surface area contributed by atoms with Crippen LogP contribution in [0.5, 0.6) is 0 Å². The van der Waals surface area contributed by atoms with E-state index in [1.807, 2.05) is 0 Å². The highest BCUT2D eigenvalue weighted by molar-refractivity contribution is 9.10. The van der Waals surface area contributed by atoms with Gasteiger partial charge in [-0.1, -0.05) is 15.9 Å². The molecule has 4 heteroatoms. The number of esters is 1. The fourth-order valence-corrected chi connectivity index (χ4v) is 2.57. The van der Waals surface area contributed by atoms with Gasteiger partial charge in [-0.2, -0.15) is 0 Å². The molecule has 0 amide bonds. The molecule has 18 heavy (non-hydrogen) atoms. The SMILES string of the molecule is CCOC(=O)C1=C(c2cc(Br)ccc2F)CCC1. The Kier molecular flexibility index (Phi) is 4.17. The van der Waals surface area contributed by atoms with Crippen LogP contribution in [0.15, 0.2) is 28.2 Å². The van der Waals surface area contributed by atoms with Gasteiger partial charge in [-0.3, -0.25) is 0 Å². The lowest BCUT2D eigenvalue weighted by atomic mass is 10.0. The van der Waals surface area contributed by atoms with Crippen molar-refractivity contribution in [1.82, 2.24) is 0 Å². The lowest BCUT2D eigenvalue weighted by molar-refractivity contribution is -0.138. The molecule has 1 aromatic carbocycles. The van der Waals surface area contributed by atoms with Crippen LogP contribution in [0.4, 0.5) is 4.39 Å². The highest BCUT2D eigenvalue weighted by atomic mass is 79.9. The van der Waals surface area contributed by atoms with E-state index in [0.717, 1.165) is 22.9 Å². The average molecular weight is 313 g/mol. The van der Waals surface area contributed by atoms with Crippen molar-refractivity contribution in [2.45, 2.75) is 26.2 Å². The van der Waals surface area contributed by atoms with E-state index in [4.69, 9.17) is 4.74 Å². The van der Waals surface area contributed by atoms with E-state index in [1.54, 1.807) is 19.1 Å². The van der Waals surface area contributed by atoms with Crippen LogP contribution in [-0.4, -0.2) is 12.6 Å². The number of allylic oxidation sites excluding steroid dienone is 1. The molecule has 0 saturated heterocycles. The lowest BCUT2D eigenvalue weighted by Crippen LogP contribution is -2.07. The minimum Gasteiger partial charge on any atom is -0.463 e. The molecular formula is C14H14BrFO2. The van der Waals surface area contributed by atoms with Crippen LogP contribution in [0.3, 0.4) is 0 Å². The fourth-order valence-electron chi connectivity index (χ4n) is 2.21. The molecule has 0 spiro atoms. The summed E-state index contributed by atoms with van der Waals surface area (Å²) >= 11 is 3.33. The Morgan fingerprint density at radius 2 is 2.22 bits per heavy atom. The normalized spacial score (nSPS) is 15.1. The van der Waals surface area contributed by atoms with Gasteiger partial charge in [0, 0.05) is 15.6 Å². The molecule has 0 unspecified atom stereocenters. The Bertz CT molecular complexity index is 509. The number of halogens is 2. The molecule has 0 atom stereocenters. The van der Waals surface area contributed by atoms with Gasteiger partial charge in [-0.15, -0.1) is 0 Å². The van der Waals surface area contributed by atoms with E-state index >= 15 is 0 Å². The number of benzene rings is 1. The summed E-state index contributed by atoms with van der Waals surface area (Å²) in [5.74, 6) is -0.610. The Morgan fingerprint density at radius 3 is 2.94 bits per heavy atom. The standard InChI is InChI=1S/C14H14BrFO2/c1-2-18-14(17)11-5-3-4-10(11)12-8-9(15)6-7-13(12)16/h6-8H,2-5H2,1H3. The Morgan fingerprint density at radius 1 is 1.44 bits per heavy atom. The third kappa shape index (κ3) is 2.64. The molecule has 2 rings (SSSR count). The Balaban J connectivity index is 2.43. The third-order valence-electron chi connectivity index (χ3n) is 2.99. The number of rotatable bonds is 3. The van der Waals surface area contributed by atoms with E-state index < -0.39 is 0 Å². The molecule has 0 aliphatic heterocycles. The van der Waals surface area contributed by atoms with E-state index in [-0.39, 0.29) is 11.8 Å². The summed E-state index contributed by atoms with van der Waals surface area (Å²) in [6.07, 6.45) is 2.26. The second-order valence-corrected chi connectivity index (χ2v) is 5.07. The van der Waals surface area contributed by atoms with Crippen LogP contribution in [0.25, 0.3) is 5.57 Å². The fraction of sp³-hybridized carbons (Fsp3) is 0.357. The molecule has 1 aliphatic rings. The smallest absolute Gasteiger partial charge is 0.334 e. The lowest BCUT2D eigenvalue weighted by Gasteiger charge is -2.09. The van der Waals surface area contributed by atoms with Crippen molar-refractivity contribution < 1.29 is 13.9 Å². The quantitative estimate of drug-likeness (QED) is 0.786. The molecule has 0 fully saturated rings. The van der Waals surface area contributed by atoms with Crippen LogP contribution >= 0.6 is 15.9 Å². The topological polar surface area (TPSA) is 26.3 Å². The summed E-state index contributed by atoms with van der Waals surface area (Å²) < 4.78 is 19.7. The maximum absolute atomic E-state index is 13.8. The largest absolute Gasteiger partial charge is 0.463 e. The van der Waals surface area contributed by atoms with Crippen LogP contribution in [0, 0.1) is 5.82 Å². The van der Waals surface area contributed by atoms with Gasteiger partial charge in [-0.05, 0) is 50.0 Å². The summed E-state index contributed by atoms with van der Waals surface area (Å²) in [7, 11) is 0. The third-order valence-corrected chi connectivity index (χ3v) is 3.49. The molecule has 1 aromatic rings. The molecule has 0 radical (unpaired) electrons. The van der Waals surface area contributed by atoms with Crippen molar-refractivity contribution in [3.05, 3.63) is 39.6 Å². The van der Waals surface area contributed by atoms with E-state index in [2.05, 4.69) is 15.9 Å². The molecule has 0 aromatic heterocycles. The monoisotopic (exact) mass is 312 g/mol. The van der Waals surface area contributed by atoms with Gasteiger partial charge in [0.15, 0.2) is 0 Å². The summed E-state index contributed by atoms with van der Waals surface area (Å²) in [4.78, 5) is 11.8. The molecule has 0 bridgehead atoms. The second-order valence-electron chi connectivity index (χ2n) is 4.16. The van der Waals surface area contributed by atoms with Crippen LogP contribution in [0.1, 0.15) is 31.7 Å². The van der Waals surface area contributed by atoms with Gasteiger partial charge >= 0.3 is 5.97 Å². The zero-order valence-electron chi connectivity index (χ0n) is 10.1. The summed E-state index contributed by atoms with van der Waals surface area (Å²) in [6, 6.07) is 4.78. The van der Waals surface area contributed by atoms with Gasteiger partial charge in [0.25, 0.3) is 0 Å². The Labute approximate surface area is 114 Å². The van der Waals surface area contributed by atoms with Gasteiger partial charge in [0.1, 0.15) is 5.82 Å². The molecule has 2 nitrogen and oxygen atoms in total. The minimum absolute atomic E-state index is 0.295. The molecule has 96 valence electrons. The number of hydrogen-bond donors (Lipinski definition) is 0. The predicted octanol–water partition coefficient (Wildman–Crippen LogP) is 4.09. The molecule has 0 saturated carbocycles. The van der Waals surface area contributed by atoms with Gasteiger partial charge in [0.05, 0.1) is 6.61 Å². The average Bonchev–Trinajstić information content (AvgIpc) is 2.81. The number of carbonyl (C=O) groups excluding carboxylic acids is 1. The highest BCUT2D eigenvalue weighted by Gasteiger charge is 2.24. The van der Waals surface area contributed by atoms with Gasteiger partial charge < -0.3 is 4.74 Å². The summed E-state index contributed by atoms with van der Waals surface area (Å²) in [6.45, 7) is 2.11. The molecule has 1 aliphatic carbocycles. The first-order valence-electron chi connectivity index (χ1n) is 5.98. The van der Waals surface area contributed by atoms with Gasteiger partial charge in [0.2, 0.25) is 0 Å². The van der Waals surface area contributed by atoms with Crippen LogP contribution < -0.4 is 0 Å². The minimum atomic E-state index is -0.315. The maximum atomic E-state index is 13.8. The maximum Gasteiger partial charge on any atom is 0.334 e. The molecular weight excluding hydrogens is 299 g/mol. The van der Waals surface area contributed by atoms with Crippen LogP contribution in [-0.2, 0) is 9.53 Å². The summed E-state index contributed by atoms with van der Waals surface area (Å²) in [5.41, 5.74) is 1.91. The number of hydrogen-bond acceptors (Lipinski definition) is 2. The van der Waals surface area contributed by atoms with E-state index in [1.165, 1.54) is 6.07 Å². The van der Waals surface area contributed by atoms with Crippen molar-refractivity contribution in [3.8, 4) is 0 Å². The van der Waals surface area contributed by atoms with Crippen molar-refractivity contribution in [1.29, 1.82) is 0 Å². The van der Waals surface area contributed by atoms with Crippen LogP contribution in [0.2, 0.25) is 0 Å². The first kappa shape index (κ1) is 13.3. The first-order chi connectivity index (χ1) is 8.63. The van der Waals surface area contributed by atoms with Crippen molar-refractivity contribution in [2.75, 3.05) is 6.61 Å². The second kappa shape index (κ2) is 5.65. The number of ether oxygens (including phenoxy) is 1. The first-order valence-corrected chi connectivity index (χ1v) is 6.77. The van der Waals surface area contributed by atoms with E-state index in [9.17, 15) is 9.18 Å². The summed E-state index contributed by atoms with van der Waals surface area (Å²) in [5, 5.41) is 0. The zero-order chi connectivity index (χ0) is 13.1. The highest BCUT2D eigenvalue weighted by Crippen LogP contribution is 2.36. The van der Waals surface area contributed by atoms with Crippen molar-refractivity contribution >= 4 is 27.5 Å². The van der Waals surface area contributed by atoms with E-state index in [0.29, 0.717) is 24.2 Å². The molecule has 0 heterocycles. The van der Waals surface area contributed by atoms with Crippen molar-refractivity contribution in [2.24, 2.45) is 0 Å². The molecule has 0 N–H and O–H groups in total. The van der Waals surface area contributed by atoms with Crippen molar-refractivity contribution in [3.63, 3.8) is 0 Å². The van der Waals surface area contributed by atoms with Gasteiger partial charge in [-0.25, -0.2) is 9.18 Å². The zero-order valence-corrected chi connectivity index (χ0v) is 11.7. The number of carbonyl (C=O) groups is 1. The predicted molar refractivity (Wildman–Crippen MR) is 71.5 cm³/mol. The Hall–Kier alpha value is -1.16.